The molecule has 2 atom stereocenters. The number of nitrogens with one attached hydrogen (secondary N) is 1. The van der Waals surface area contributed by atoms with Crippen LogP contribution in [-0.2, 0) is 10.3 Å². The summed E-state index contributed by atoms with van der Waals surface area (Å²) in [6, 6.07) is 4.09. The molecule has 74 valence electrons. The average Bonchev–Trinajstić information content (AvgIpc) is 2.57. The normalized spacial score (nSPS) is 35.9. The Labute approximate surface area is 83.5 Å². The molecule has 2 aliphatic rings. The molecular formula is C11H14N2O. The molecule has 0 amide bonds. The predicted molar refractivity (Wildman–Crippen MR) is 52.9 cm³/mol. The Morgan fingerprint density at radius 1 is 1.57 bits per heavy atom. The van der Waals surface area contributed by atoms with Gasteiger partial charge >= 0.3 is 0 Å². The Morgan fingerprint density at radius 3 is 3.43 bits per heavy atom. The molecule has 1 aromatic heterocycles. The summed E-state index contributed by atoms with van der Waals surface area (Å²) in [6.45, 7) is 1.93. The van der Waals surface area contributed by atoms with Crippen molar-refractivity contribution in [3.8, 4) is 0 Å². The van der Waals surface area contributed by atoms with E-state index in [-0.39, 0.29) is 5.60 Å². The molecule has 2 fully saturated rings. The molecule has 0 aliphatic carbocycles. The minimum Gasteiger partial charge on any atom is -0.364 e. The first-order chi connectivity index (χ1) is 6.89. The fourth-order valence-corrected chi connectivity index (χ4v) is 2.49. The molecule has 3 heterocycles. The second-order valence-electron chi connectivity index (χ2n) is 4.15. The molecule has 1 N–H and O–H groups in total. The van der Waals surface area contributed by atoms with Crippen molar-refractivity contribution in [3.63, 3.8) is 0 Å². The van der Waals surface area contributed by atoms with E-state index in [1.807, 2.05) is 18.5 Å². The van der Waals surface area contributed by atoms with Gasteiger partial charge in [0, 0.05) is 31.0 Å². The Morgan fingerprint density at radius 2 is 2.57 bits per heavy atom. The third kappa shape index (κ3) is 1.16. The lowest BCUT2D eigenvalue weighted by molar-refractivity contribution is -0.0687. The standard InChI is InChI=1S/C11H14N2O/c1-2-9(6-12-5-1)11-4-3-10(14-11)7-13-8-11/h1-2,5-6,10,13H,3-4,7-8H2. The summed E-state index contributed by atoms with van der Waals surface area (Å²) in [4.78, 5) is 4.16. The molecule has 3 rings (SSSR count). The van der Waals surface area contributed by atoms with Gasteiger partial charge in [-0.3, -0.25) is 4.98 Å². The molecule has 0 spiro atoms. The first-order valence-corrected chi connectivity index (χ1v) is 5.18. The SMILES string of the molecule is c1cncc(C23CCC(CNC2)O3)c1. The average molecular weight is 190 g/mol. The van der Waals surface area contributed by atoms with E-state index in [1.54, 1.807) is 0 Å². The zero-order chi connectivity index (χ0) is 9.43. The van der Waals surface area contributed by atoms with Crippen LogP contribution in [0.15, 0.2) is 24.5 Å². The molecule has 2 saturated heterocycles. The van der Waals surface area contributed by atoms with Crippen LogP contribution >= 0.6 is 0 Å². The molecular weight excluding hydrogens is 176 g/mol. The molecule has 14 heavy (non-hydrogen) atoms. The van der Waals surface area contributed by atoms with Crippen LogP contribution < -0.4 is 5.32 Å². The van der Waals surface area contributed by atoms with Crippen molar-refractivity contribution in [2.45, 2.75) is 24.5 Å². The summed E-state index contributed by atoms with van der Waals surface area (Å²) in [5.74, 6) is 0. The molecule has 0 saturated carbocycles. The largest absolute Gasteiger partial charge is 0.364 e. The monoisotopic (exact) mass is 190 g/mol. The lowest BCUT2D eigenvalue weighted by atomic mass is 9.92. The second kappa shape index (κ2) is 3.04. The number of morpholine rings is 1. The van der Waals surface area contributed by atoms with Crippen molar-refractivity contribution < 1.29 is 4.74 Å². The van der Waals surface area contributed by atoms with E-state index in [0.717, 1.165) is 19.5 Å². The number of nitrogens with zero attached hydrogens (tertiary/aromatic N) is 1. The van der Waals surface area contributed by atoms with Gasteiger partial charge in [-0.05, 0) is 18.9 Å². The fourth-order valence-electron chi connectivity index (χ4n) is 2.49. The van der Waals surface area contributed by atoms with E-state index in [2.05, 4.69) is 16.4 Å². The summed E-state index contributed by atoms with van der Waals surface area (Å²) in [6.07, 6.45) is 6.43. The Bertz CT molecular complexity index is 323. The Balaban J connectivity index is 1.97. The summed E-state index contributed by atoms with van der Waals surface area (Å²) in [5, 5.41) is 3.43. The van der Waals surface area contributed by atoms with Crippen molar-refractivity contribution in [1.29, 1.82) is 0 Å². The molecule has 0 aromatic carbocycles. The minimum absolute atomic E-state index is 0.0861. The second-order valence-corrected chi connectivity index (χ2v) is 4.15. The fraction of sp³-hybridized carbons (Fsp3) is 0.545. The number of hydrogen-bond acceptors (Lipinski definition) is 3. The van der Waals surface area contributed by atoms with E-state index < -0.39 is 0 Å². The van der Waals surface area contributed by atoms with Gasteiger partial charge in [-0.2, -0.15) is 0 Å². The number of rotatable bonds is 1. The third-order valence-corrected chi connectivity index (χ3v) is 3.23. The first kappa shape index (κ1) is 8.38. The summed E-state index contributed by atoms with van der Waals surface area (Å²) >= 11 is 0. The molecule has 3 nitrogen and oxygen atoms in total. The van der Waals surface area contributed by atoms with E-state index in [0.29, 0.717) is 6.10 Å². The number of fused-ring (bicyclic) bond motifs is 2. The maximum atomic E-state index is 6.07. The van der Waals surface area contributed by atoms with Crippen molar-refractivity contribution >= 4 is 0 Å². The lowest BCUT2D eigenvalue weighted by Gasteiger charge is -2.34. The van der Waals surface area contributed by atoms with E-state index in [4.69, 9.17) is 4.74 Å². The smallest absolute Gasteiger partial charge is 0.107 e. The van der Waals surface area contributed by atoms with Crippen LogP contribution in [0.1, 0.15) is 18.4 Å². The molecule has 2 aliphatic heterocycles. The van der Waals surface area contributed by atoms with E-state index in [9.17, 15) is 0 Å². The Hall–Kier alpha value is -0.930. The number of hydrogen-bond donors (Lipinski definition) is 1. The molecule has 2 bridgehead atoms. The number of aromatic nitrogens is 1. The van der Waals surface area contributed by atoms with Crippen LogP contribution in [0, 0.1) is 0 Å². The molecule has 1 aromatic rings. The lowest BCUT2D eigenvalue weighted by Crippen LogP contribution is -2.46. The van der Waals surface area contributed by atoms with Crippen LogP contribution in [0.3, 0.4) is 0 Å². The van der Waals surface area contributed by atoms with Gasteiger partial charge in [0.25, 0.3) is 0 Å². The molecule has 3 heteroatoms. The summed E-state index contributed by atoms with van der Waals surface area (Å²) in [7, 11) is 0. The highest BCUT2D eigenvalue weighted by Crippen LogP contribution is 2.40. The van der Waals surface area contributed by atoms with Gasteiger partial charge in [-0.1, -0.05) is 6.07 Å². The summed E-state index contributed by atoms with van der Waals surface area (Å²) < 4.78 is 6.07. The Kier molecular flexibility index (Phi) is 1.82. The van der Waals surface area contributed by atoms with Crippen LogP contribution in [-0.4, -0.2) is 24.2 Å². The van der Waals surface area contributed by atoms with Gasteiger partial charge in [0.15, 0.2) is 0 Å². The van der Waals surface area contributed by atoms with Crippen molar-refractivity contribution in [1.82, 2.24) is 10.3 Å². The van der Waals surface area contributed by atoms with Crippen LogP contribution in [0.2, 0.25) is 0 Å². The highest BCUT2D eigenvalue weighted by atomic mass is 16.5. The first-order valence-electron chi connectivity index (χ1n) is 5.18. The topological polar surface area (TPSA) is 34.2 Å². The van der Waals surface area contributed by atoms with Gasteiger partial charge in [-0.15, -0.1) is 0 Å². The molecule has 0 radical (unpaired) electrons. The minimum atomic E-state index is -0.0861. The van der Waals surface area contributed by atoms with Crippen molar-refractivity contribution in [2.75, 3.05) is 13.1 Å². The maximum Gasteiger partial charge on any atom is 0.107 e. The van der Waals surface area contributed by atoms with Gasteiger partial charge < -0.3 is 10.1 Å². The van der Waals surface area contributed by atoms with Gasteiger partial charge in [0.2, 0.25) is 0 Å². The quantitative estimate of drug-likeness (QED) is 0.719. The highest BCUT2D eigenvalue weighted by molar-refractivity contribution is 5.21. The molecule has 2 unspecified atom stereocenters. The predicted octanol–water partition coefficient (Wildman–Crippen LogP) is 1.06. The highest BCUT2D eigenvalue weighted by Gasteiger charge is 2.44. The third-order valence-electron chi connectivity index (χ3n) is 3.23. The van der Waals surface area contributed by atoms with Crippen molar-refractivity contribution in [2.24, 2.45) is 0 Å². The zero-order valence-corrected chi connectivity index (χ0v) is 8.07. The number of pyridine rings is 1. The maximum absolute atomic E-state index is 6.07. The van der Waals surface area contributed by atoms with Crippen LogP contribution in [0.4, 0.5) is 0 Å². The van der Waals surface area contributed by atoms with E-state index in [1.165, 1.54) is 12.0 Å². The van der Waals surface area contributed by atoms with Gasteiger partial charge in [0.05, 0.1) is 6.10 Å². The van der Waals surface area contributed by atoms with Gasteiger partial charge in [-0.25, -0.2) is 0 Å². The zero-order valence-electron chi connectivity index (χ0n) is 8.07. The van der Waals surface area contributed by atoms with Crippen LogP contribution in [0.5, 0.6) is 0 Å². The van der Waals surface area contributed by atoms with E-state index >= 15 is 0 Å². The van der Waals surface area contributed by atoms with Gasteiger partial charge in [0.1, 0.15) is 5.60 Å². The van der Waals surface area contributed by atoms with Crippen LogP contribution in [0.25, 0.3) is 0 Å². The number of ether oxygens (including phenoxy) is 1. The van der Waals surface area contributed by atoms with Crippen molar-refractivity contribution in [3.05, 3.63) is 30.1 Å². The summed E-state index contributed by atoms with van der Waals surface area (Å²) in [5.41, 5.74) is 1.13.